The first-order valence-electron chi connectivity index (χ1n) is 7.73. The fourth-order valence-corrected chi connectivity index (χ4v) is 3.69. The number of benzene rings is 2. The summed E-state index contributed by atoms with van der Waals surface area (Å²) in [6, 6.07) is 13.2. The van der Waals surface area contributed by atoms with Crippen LogP contribution in [-0.4, -0.2) is 35.4 Å². The predicted octanol–water partition coefficient (Wildman–Crippen LogP) is 2.77. The van der Waals surface area contributed by atoms with Crippen molar-refractivity contribution >= 4 is 46.0 Å². The monoisotopic (exact) mass is 343 g/mol. The molecule has 1 fully saturated rings. The third-order valence-electron chi connectivity index (χ3n) is 3.82. The Kier molecular flexibility index (Phi) is 4.85. The number of esters is 1. The third kappa shape index (κ3) is 3.14. The second-order valence-corrected chi connectivity index (χ2v) is 6.57. The van der Waals surface area contributed by atoms with Gasteiger partial charge in [-0.1, -0.05) is 36.4 Å². The van der Waals surface area contributed by atoms with Crippen LogP contribution in [0.5, 0.6) is 0 Å². The molecule has 2 aromatic carbocycles. The minimum atomic E-state index is -0.541. The largest absolute Gasteiger partial charge is 0.465 e. The van der Waals surface area contributed by atoms with Crippen molar-refractivity contribution in [3.05, 3.63) is 42.5 Å². The summed E-state index contributed by atoms with van der Waals surface area (Å²) in [7, 11) is 0. The molecular weight excluding hydrogens is 326 g/mol. The van der Waals surface area contributed by atoms with E-state index in [1.165, 1.54) is 4.90 Å². The first-order chi connectivity index (χ1) is 11.6. The number of ether oxygens (including phenoxy) is 1. The molecular formula is C18H17NO4S. The van der Waals surface area contributed by atoms with Crippen molar-refractivity contribution in [2.24, 2.45) is 0 Å². The first-order valence-corrected chi connectivity index (χ1v) is 8.78. The fraction of sp³-hybridized carbons (Fsp3) is 0.278. The molecule has 1 aliphatic rings. The molecule has 2 aromatic rings. The van der Waals surface area contributed by atoms with E-state index >= 15 is 0 Å². The molecule has 1 aliphatic heterocycles. The molecule has 1 unspecified atom stereocenters. The molecule has 1 heterocycles. The number of hydrogen-bond acceptors (Lipinski definition) is 5. The van der Waals surface area contributed by atoms with Gasteiger partial charge in [0.25, 0.3) is 0 Å². The molecule has 2 amide bonds. The van der Waals surface area contributed by atoms with Crippen molar-refractivity contribution < 1.29 is 19.1 Å². The molecule has 124 valence electrons. The number of thioether (sulfide) groups is 1. The summed E-state index contributed by atoms with van der Waals surface area (Å²) in [6.07, 6.45) is 0.103. The quantitative estimate of drug-likeness (QED) is 0.617. The molecule has 1 saturated heterocycles. The number of imide groups is 1. The van der Waals surface area contributed by atoms with Crippen molar-refractivity contribution in [1.29, 1.82) is 0 Å². The molecule has 5 nitrogen and oxygen atoms in total. The van der Waals surface area contributed by atoms with Gasteiger partial charge in [0, 0.05) is 11.8 Å². The average Bonchev–Trinajstić information content (AvgIpc) is 2.86. The zero-order valence-corrected chi connectivity index (χ0v) is 14.0. The molecule has 1 atom stereocenters. The topological polar surface area (TPSA) is 63.7 Å². The van der Waals surface area contributed by atoms with E-state index in [4.69, 9.17) is 4.74 Å². The fourth-order valence-electron chi connectivity index (χ4n) is 2.76. The number of amides is 2. The second-order valence-electron chi connectivity index (χ2n) is 5.37. The van der Waals surface area contributed by atoms with Gasteiger partial charge >= 0.3 is 5.97 Å². The van der Waals surface area contributed by atoms with E-state index in [1.54, 1.807) is 13.0 Å². The van der Waals surface area contributed by atoms with Gasteiger partial charge < -0.3 is 4.74 Å². The Morgan fingerprint density at radius 3 is 2.75 bits per heavy atom. The van der Waals surface area contributed by atoms with Gasteiger partial charge in [0.2, 0.25) is 11.8 Å². The Balaban J connectivity index is 1.82. The third-order valence-corrected chi connectivity index (χ3v) is 4.99. The van der Waals surface area contributed by atoms with Gasteiger partial charge in [0.15, 0.2) is 0 Å². The Labute approximate surface area is 144 Å². The van der Waals surface area contributed by atoms with Crippen LogP contribution < -0.4 is 4.90 Å². The smallest absolute Gasteiger partial charge is 0.315 e. The lowest BCUT2D eigenvalue weighted by molar-refractivity contribution is -0.139. The molecule has 0 N–H and O–H groups in total. The van der Waals surface area contributed by atoms with Crippen LogP contribution in [-0.2, 0) is 19.1 Å². The van der Waals surface area contributed by atoms with Crippen LogP contribution in [0.2, 0.25) is 0 Å². The van der Waals surface area contributed by atoms with E-state index in [2.05, 4.69) is 0 Å². The maximum absolute atomic E-state index is 12.7. The molecule has 0 aliphatic carbocycles. The Morgan fingerprint density at radius 1 is 1.21 bits per heavy atom. The Bertz CT molecular complexity index is 799. The molecule has 0 radical (unpaired) electrons. The number of fused-ring (bicyclic) bond motifs is 1. The van der Waals surface area contributed by atoms with Crippen LogP contribution in [0.1, 0.15) is 13.3 Å². The summed E-state index contributed by atoms with van der Waals surface area (Å²) >= 11 is 1.16. The molecule has 0 saturated carbocycles. The summed E-state index contributed by atoms with van der Waals surface area (Å²) in [5.74, 6) is -0.810. The number of nitrogens with zero attached hydrogens (tertiary/aromatic N) is 1. The van der Waals surface area contributed by atoms with E-state index in [1.807, 2.05) is 36.4 Å². The maximum Gasteiger partial charge on any atom is 0.315 e. The van der Waals surface area contributed by atoms with Crippen molar-refractivity contribution in [2.45, 2.75) is 18.6 Å². The highest BCUT2D eigenvalue weighted by Gasteiger charge is 2.40. The van der Waals surface area contributed by atoms with E-state index in [0.29, 0.717) is 12.3 Å². The van der Waals surface area contributed by atoms with Crippen LogP contribution in [0.25, 0.3) is 10.8 Å². The molecule has 0 aromatic heterocycles. The second kappa shape index (κ2) is 7.05. The summed E-state index contributed by atoms with van der Waals surface area (Å²) < 4.78 is 4.86. The lowest BCUT2D eigenvalue weighted by Crippen LogP contribution is -2.31. The predicted molar refractivity (Wildman–Crippen MR) is 93.9 cm³/mol. The molecule has 0 spiro atoms. The highest BCUT2D eigenvalue weighted by molar-refractivity contribution is 8.01. The molecule has 24 heavy (non-hydrogen) atoms. The number of rotatable bonds is 5. The van der Waals surface area contributed by atoms with E-state index in [0.717, 1.165) is 22.5 Å². The van der Waals surface area contributed by atoms with Gasteiger partial charge in [-0.15, -0.1) is 11.8 Å². The highest BCUT2D eigenvalue weighted by atomic mass is 32.2. The van der Waals surface area contributed by atoms with Crippen LogP contribution in [0.15, 0.2) is 42.5 Å². The van der Waals surface area contributed by atoms with Gasteiger partial charge in [-0.3, -0.25) is 14.4 Å². The lowest BCUT2D eigenvalue weighted by Gasteiger charge is -2.17. The summed E-state index contributed by atoms with van der Waals surface area (Å²) in [5, 5.41) is 1.29. The molecule has 0 bridgehead atoms. The lowest BCUT2D eigenvalue weighted by atomic mass is 10.1. The maximum atomic E-state index is 12.7. The van der Waals surface area contributed by atoms with Gasteiger partial charge in [-0.2, -0.15) is 0 Å². The number of hydrogen-bond donors (Lipinski definition) is 0. The van der Waals surface area contributed by atoms with Crippen LogP contribution in [0.4, 0.5) is 5.69 Å². The number of carbonyl (C=O) groups is 3. The van der Waals surface area contributed by atoms with Gasteiger partial charge in [0.1, 0.15) is 0 Å². The van der Waals surface area contributed by atoms with Crippen molar-refractivity contribution in [3.8, 4) is 0 Å². The SMILES string of the molecule is CCOC(=O)CSC1CC(=O)N(c2cccc3ccccc23)C1=O. The summed E-state index contributed by atoms with van der Waals surface area (Å²) in [4.78, 5) is 37.8. The molecule has 6 heteroatoms. The van der Waals surface area contributed by atoms with E-state index in [9.17, 15) is 14.4 Å². The standard InChI is InChI=1S/C18H17NO4S/c1-2-23-17(21)11-24-15-10-16(20)19(18(15)22)14-9-5-7-12-6-3-4-8-13(12)14/h3-9,15H,2,10-11H2,1H3. The van der Waals surface area contributed by atoms with Gasteiger partial charge in [0.05, 0.1) is 23.3 Å². The van der Waals surface area contributed by atoms with Crippen LogP contribution in [0, 0.1) is 0 Å². The normalized spacial score (nSPS) is 17.5. The average molecular weight is 343 g/mol. The molecule has 3 rings (SSSR count). The Hall–Kier alpha value is -2.34. The summed E-state index contributed by atoms with van der Waals surface area (Å²) in [6.45, 7) is 2.04. The van der Waals surface area contributed by atoms with Crippen molar-refractivity contribution in [2.75, 3.05) is 17.3 Å². The number of anilines is 1. The first kappa shape index (κ1) is 16.5. The van der Waals surface area contributed by atoms with E-state index in [-0.39, 0.29) is 30.0 Å². The highest BCUT2D eigenvalue weighted by Crippen LogP contribution is 2.34. The zero-order valence-electron chi connectivity index (χ0n) is 13.2. The Morgan fingerprint density at radius 2 is 1.96 bits per heavy atom. The zero-order chi connectivity index (χ0) is 17.1. The minimum absolute atomic E-state index is 0.0703. The van der Waals surface area contributed by atoms with Crippen LogP contribution >= 0.6 is 11.8 Å². The van der Waals surface area contributed by atoms with Crippen LogP contribution in [0.3, 0.4) is 0 Å². The van der Waals surface area contributed by atoms with Crippen molar-refractivity contribution in [1.82, 2.24) is 0 Å². The van der Waals surface area contributed by atoms with Crippen molar-refractivity contribution in [3.63, 3.8) is 0 Å². The van der Waals surface area contributed by atoms with Gasteiger partial charge in [-0.25, -0.2) is 4.90 Å². The van der Waals surface area contributed by atoms with Gasteiger partial charge in [-0.05, 0) is 18.4 Å². The minimum Gasteiger partial charge on any atom is -0.465 e. The number of carbonyl (C=O) groups excluding carboxylic acids is 3. The van der Waals surface area contributed by atoms with E-state index < -0.39 is 5.25 Å². The summed E-state index contributed by atoms with van der Waals surface area (Å²) in [5.41, 5.74) is 0.599.